The van der Waals surface area contributed by atoms with E-state index < -0.39 is 0 Å². The summed E-state index contributed by atoms with van der Waals surface area (Å²) in [6, 6.07) is 0. The van der Waals surface area contributed by atoms with Crippen molar-refractivity contribution >= 4 is 5.78 Å². The van der Waals surface area contributed by atoms with E-state index in [1.807, 2.05) is 0 Å². The van der Waals surface area contributed by atoms with E-state index in [1.54, 1.807) is 6.92 Å². The number of hydrogen-bond acceptors (Lipinski definition) is 1. The summed E-state index contributed by atoms with van der Waals surface area (Å²) in [5.74, 6) is 1.12. The Morgan fingerprint density at radius 2 is 1.89 bits per heavy atom. The van der Waals surface area contributed by atoms with E-state index in [0.29, 0.717) is 11.7 Å². The summed E-state index contributed by atoms with van der Waals surface area (Å²) in [5.41, 5.74) is 0. The molecule has 0 aliphatic rings. The third kappa shape index (κ3) is 2.64. The molecule has 0 aliphatic heterocycles. The molecule has 0 heterocycles. The van der Waals surface area contributed by atoms with Crippen LogP contribution in [-0.4, -0.2) is 5.78 Å². The second-order valence-electron chi connectivity index (χ2n) is 2.87. The van der Waals surface area contributed by atoms with E-state index in [4.69, 9.17) is 0 Å². The van der Waals surface area contributed by atoms with Crippen molar-refractivity contribution in [1.82, 2.24) is 0 Å². The summed E-state index contributed by atoms with van der Waals surface area (Å²) in [5, 5.41) is 0. The van der Waals surface area contributed by atoms with Gasteiger partial charge in [0.25, 0.3) is 0 Å². The van der Waals surface area contributed by atoms with Crippen molar-refractivity contribution in [3.05, 3.63) is 0 Å². The van der Waals surface area contributed by atoms with Gasteiger partial charge in [0.1, 0.15) is 5.78 Å². The van der Waals surface area contributed by atoms with Crippen molar-refractivity contribution < 1.29 is 4.79 Å². The molecule has 54 valence electrons. The molecule has 0 bridgehead atoms. The van der Waals surface area contributed by atoms with Crippen LogP contribution >= 0.6 is 0 Å². The SMILES string of the molecule is CCC(C(C)=O)C(C)C. The Morgan fingerprint density at radius 3 is 1.89 bits per heavy atom. The van der Waals surface area contributed by atoms with E-state index in [1.165, 1.54) is 0 Å². The van der Waals surface area contributed by atoms with Crippen LogP contribution in [-0.2, 0) is 4.79 Å². The second kappa shape index (κ2) is 3.65. The number of ketones is 1. The van der Waals surface area contributed by atoms with Crippen LogP contribution in [0.1, 0.15) is 34.1 Å². The van der Waals surface area contributed by atoms with Gasteiger partial charge in [0.2, 0.25) is 0 Å². The summed E-state index contributed by atoms with van der Waals surface area (Å²) < 4.78 is 0. The average Bonchev–Trinajstić information content (AvgIpc) is 1.64. The Bertz CT molecular complexity index is 94.7. The highest BCUT2D eigenvalue weighted by Crippen LogP contribution is 2.14. The Kier molecular flexibility index (Phi) is 3.52. The molecule has 1 unspecified atom stereocenters. The van der Waals surface area contributed by atoms with Crippen LogP contribution in [0.15, 0.2) is 0 Å². The van der Waals surface area contributed by atoms with Gasteiger partial charge in [-0.2, -0.15) is 0 Å². The first-order valence-corrected chi connectivity index (χ1v) is 3.60. The zero-order chi connectivity index (χ0) is 7.44. The Labute approximate surface area is 57.5 Å². The number of carbonyl (C=O) groups excluding carboxylic acids is 1. The van der Waals surface area contributed by atoms with Crippen molar-refractivity contribution in [2.75, 3.05) is 0 Å². The molecule has 0 radical (unpaired) electrons. The minimum atomic E-state index is 0.282. The van der Waals surface area contributed by atoms with E-state index in [0.717, 1.165) is 6.42 Å². The smallest absolute Gasteiger partial charge is 0.133 e. The minimum Gasteiger partial charge on any atom is -0.300 e. The Hall–Kier alpha value is -0.330. The van der Waals surface area contributed by atoms with Gasteiger partial charge >= 0.3 is 0 Å². The van der Waals surface area contributed by atoms with Gasteiger partial charge in [-0.25, -0.2) is 0 Å². The zero-order valence-corrected chi connectivity index (χ0v) is 6.77. The van der Waals surface area contributed by atoms with Crippen LogP contribution in [0.3, 0.4) is 0 Å². The van der Waals surface area contributed by atoms with Gasteiger partial charge in [0, 0.05) is 5.92 Å². The van der Waals surface area contributed by atoms with Crippen LogP contribution in [0.25, 0.3) is 0 Å². The molecule has 0 saturated carbocycles. The predicted octanol–water partition coefficient (Wildman–Crippen LogP) is 2.26. The maximum absolute atomic E-state index is 10.8. The summed E-state index contributed by atoms with van der Waals surface area (Å²) in [4.78, 5) is 10.8. The van der Waals surface area contributed by atoms with Gasteiger partial charge in [-0.15, -0.1) is 0 Å². The predicted molar refractivity (Wildman–Crippen MR) is 39.3 cm³/mol. The molecule has 0 saturated heterocycles. The molecule has 9 heavy (non-hydrogen) atoms. The maximum atomic E-state index is 10.8. The van der Waals surface area contributed by atoms with E-state index in [9.17, 15) is 4.79 Å². The third-order valence-corrected chi connectivity index (χ3v) is 1.77. The topological polar surface area (TPSA) is 17.1 Å². The number of hydrogen-bond donors (Lipinski definition) is 0. The van der Waals surface area contributed by atoms with Crippen LogP contribution in [0.5, 0.6) is 0 Å². The molecule has 0 spiro atoms. The first kappa shape index (κ1) is 8.67. The molecule has 0 aromatic carbocycles. The molecule has 1 heteroatoms. The second-order valence-corrected chi connectivity index (χ2v) is 2.87. The first-order valence-electron chi connectivity index (χ1n) is 3.60. The van der Waals surface area contributed by atoms with Crippen LogP contribution in [0.4, 0.5) is 0 Å². The molecule has 0 aliphatic carbocycles. The lowest BCUT2D eigenvalue weighted by molar-refractivity contribution is -0.122. The third-order valence-electron chi connectivity index (χ3n) is 1.77. The van der Waals surface area contributed by atoms with Crippen molar-refractivity contribution in [2.24, 2.45) is 11.8 Å². The monoisotopic (exact) mass is 128 g/mol. The summed E-state index contributed by atoms with van der Waals surface area (Å²) >= 11 is 0. The molecular formula is C8H16O. The average molecular weight is 128 g/mol. The fourth-order valence-electron chi connectivity index (χ4n) is 1.23. The molecule has 0 N–H and O–H groups in total. The largest absolute Gasteiger partial charge is 0.300 e. The van der Waals surface area contributed by atoms with Crippen molar-refractivity contribution in [1.29, 1.82) is 0 Å². The van der Waals surface area contributed by atoms with E-state index in [2.05, 4.69) is 20.8 Å². The Balaban J connectivity index is 3.83. The van der Waals surface area contributed by atoms with Crippen molar-refractivity contribution in [2.45, 2.75) is 34.1 Å². The first-order chi connectivity index (χ1) is 4.09. The quantitative estimate of drug-likeness (QED) is 0.569. The maximum Gasteiger partial charge on any atom is 0.133 e. The highest BCUT2D eigenvalue weighted by molar-refractivity contribution is 5.78. The van der Waals surface area contributed by atoms with E-state index >= 15 is 0 Å². The molecule has 1 nitrogen and oxygen atoms in total. The summed E-state index contributed by atoms with van der Waals surface area (Å²) in [6.07, 6.45) is 0.979. The number of carbonyl (C=O) groups is 1. The minimum absolute atomic E-state index is 0.282. The number of Topliss-reactive ketones (excluding diaryl/α,β-unsaturated/α-hetero) is 1. The molecule has 0 aromatic rings. The lowest BCUT2D eigenvalue weighted by Crippen LogP contribution is -2.15. The molecule has 0 aromatic heterocycles. The number of rotatable bonds is 3. The molecule has 0 fully saturated rings. The Morgan fingerprint density at radius 1 is 1.44 bits per heavy atom. The van der Waals surface area contributed by atoms with Gasteiger partial charge in [0.05, 0.1) is 0 Å². The summed E-state index contributed by atoms with van der Waals surface area (Å²) in [7, 11) is 0. The van der Waals surface area contributed by atoms with Gasteiger partial charge in [-0.05, 0) is 19.3 Å². The van der Waals surface area contributed by atoms with Gasteiger partial charge < -0.3 is 0 Å². The highest BCUT2D eigenvalue weighted by Gasteiger charge is 2.14. The summed E-state index contributed by atoms with van der Waals surface area (Å²) in [6.45, 7) is 7.92. The van der Waals surface area contributed by atoms with Crippen LogP contribution in [0, 0.1) is 11.8 Å². The highest BCUT2D eigenvalue weighted by atomic mass is 16.1. The fraction of sp³-hybridized carbons (Fsp3) is 0.875. The standard InChI is InChI=1S/C8H16O/c1-5-8(6(2)3)7(4)9/h6,8H,5H2,1-4H3. The lowest BCUT2D eigenvalue weighted by atomic mass is 9.90. The molecular weight excluding hydrogens is 112 g/mol. The normalized spacial score (nSPS) is 13.9. The van der Waals surface area contributed by atoms with Gasteiger partial charge in [-0.1, -0.05) is 20.8 Å². The van der Waals surface area contributed by atoms with Crippen LogP contribution < -0.4 is 0 Å². The van der Waals surface area contributed by atoms with Gasteiger partial charge in [0.15, 0.2) is 0 Å². The molecule has 0 amide bonds. The fourth-order valence-corrected chi connectivity index (χ4v) is 1.23. The molecule has 0 rings (SSSR count). The lowest BCUT2D eigenvalue weighted by Gasteiger charge is -2.14. The van der Waals surface area contributed by atoms with Gasteiger partial charge in [-0.3, -0.25) is 4.79 Å². The van der Waals surface area contributed by atoms with Crippen molar-refractivity contribution in [3.8, 4) is 0 Å². The van der Waals surface area contributed by atoms with Crippen LogP contribution in [0.2, 0.25) is 0 Å². The molecule has 1 atom stereocenters. The van der Waals surface area contributed by atoms with E-state index in [-0.39, 0.29) is 5.92 Å². The zero-order valence-electron chi connectivity index (χ0n) is 6.77. The van der Waals surface area contributed by atoms with Crippen molar-refractivity contribution in [3.63, 3.8) is 0 Å².